The first-order valence-electron chi connectivity index (χ1n) is 12.5. The molecule has 2 aliphatic rings. The van der Waals surface area contributed by atoms with Crippen LogP contribution in [0.5, 0.6) is 5.88 Å². The zero-order valence-electron chi connectivity index (χ0n) is 20.6. The van der Waals surface area contributed by atoms with Gasteiger partial charge in [-0.15, -0.1) is 11.3 Å². The highest BCUT2D eigenvalue weighted by Crippen LogP contribution is 2.37. The minimum atomic E-state index is -0.293. The number of rotatable bonds is 6. The van der Waals surface area contributed by atoms with Crippen molar-refractivity contribution in [3.05, 3.63) is 42.1 Å². The van der Waals surface area contributed by atoms with Crippen molar-refractivity contribution in [2.75, 3.05) is 36.9 Å². The number of aryl methyl sites for hydroxylation is 2. The number of carbonyl (C=O) groups is 2. The Kier molecular flexibility index (Phi) is 6.35. The van der Waals surface area contributed by atoms with Gasteiger partial charge >= 0.3 is 0 Å². The second-order valence-corrected chi connectivity index (χ2v) is 10.4. The Morgan fingerprint density at radius 3 is 2.78 bits per heavy atom. The molecule has 37 heavy (non-hydrogen) atoms. The van der Waals surface area contributed by atoms with E-state index in [0.29, 0.717) is 35.8 Å². The third kappa shape index (κ3) is 4.81. The van der Waals surface area contributed by atoms with Crippen LogP contribution in [0.3, 0.4) is 0 Å². The Labute approximate surface area is 217 Å². The van der Waals surface area contributed by atoms with Crippen LogP contribution in [-0.4, -0.2) is 67.3 Å². The van der Waals surface area contributed by atoms with Crippen molar-refractivity contribution in [2.24, 2.45) is 0 Å². The van der Waals surface area contributed by atoms with Crippen molar-refractivity contribution in [3.8, 4) is 16.3 Å². The topological polar surface area (TPSA) is 119 Å². The molecule has 0 spiro atoms. The molecule has 0 bridgehead atoms. The molecule has 2 amide bonds. The lowest BCUT2D eigenvalue weighted by Gasteiger charge is -2.25. The first-order valence-corrected chi connectivity index (χ1v) is 13.3. The van der Waals surface area contributed by atoms with Crippen LogP contribution in [0.4, 0.5) is 11.4 Å². The fourth-order valence-corrected chi connectivity index (χ4v) is 5.80. The van der Waals surface area contributed by atoms with Gasteiger partial charge in [0.15, 0.2) is 0 Å². The van der Waals surface area contributed by atoms with Gasteiger partial charge in [-0.3, -0.25) is 19.5 Å². The van der Waals surface area contributed by atoms with Gasteiger partial charge in [-0.25, -0.2) is 9.20 Å². The molecule has 6 rings (SSSR count). The number of ether oxygens (including phenoxy) is 1. The van der Waals surface area contributed by atoms with Crippen LogP contribution in [0.1, 0.15) is 41.7 Å². The van der Waals surface area contributed by atoms with Gasteiger partial charge in [-0.1, -0.05) is 6.42 Å². The molecule has 0 unspecified atom stereocenters. The van der Waals surface area contributed by atoms with E-state index in [1.54, 1.807) is 29.2 Å². The number of carbonyl (C=O) groups excluding carboxylic acids is 2. The molecule has 4 aromatic heterocycles. The van der Waals surface area contributed by atoms with Crippen LogP contribution in [0.2, 0.25) is 0 Å². The summed E-state index contributed by atoms with van der Waals surface area (Å²) in [5.74, 6) is 0.376. The fraction of sp³-hybridized carbons (Fsp3) is 0.400. The lowest BCUT2D eigenvalue weighted by Crippen LogP contribution is -2.36. The standard InChI is InChI=1S/C25H28N8O3S/c1-16-20(10-17(11-26-16)29-22(34)15-31-6-3-2-4-7-31)30-23(35)19-13-28-33-14-21(37-25(19)33)18-12-27-32-8-5-9-36-24(18)32/h10-14H,2-9,15H2,1H3,(H,29,34)(H,30,35). The summed E-state index contributed by atoms with van der Waals surface area (Å²) in [7, 11) is 0. The maximum Gasteiger partial charge on any atom is 0.260 e. The van der Waals surface area contributed by atoms with Gasteiger partial charge in [-0.05, 0) is 38.9 Å². The van der Waals surface area contributed by atoms with Gasteiger partial charge in [0.25, 0.3) is 5.91 Å². The number of aromatic nitrogens is 5. The lowest BCUT2D eigenvalue weighted by atomic mass is 10.1. The molecule has 0 radical (unpaired) electrons. The summed E-state index contributed by atoms with van der Waals surface area (Å²) in [6, 6.07) is 1.74. The minimum Gasteiger partial charge on any atom is -0.477 e. The largest absolute Gasteiger partial charge is 0.477 e. The van der Waals surface area contributed by atoms with E-state index in [0.717, 1.165) is 60.0 Å². The Morgan fingerprint density at radius 1 is 1.05 bits per heavy atom. The third-order valence-electron chi connectivity index (χ3n) is 6.68. The Morgan fingerprint density at radius 2 is 1.92 bits per heavy atom. The number of pyridine rings is 1. The van der Waals surface area contributed by atoms with E-state index in [4.69, 9.17) is 4.74 Å². The van der Waals surface area contributed by atoms with Crippen molar-refractivity contribution in [1.82, 2.24) is 29.3 Å². The van der Waals surface area contributed by atoms with Gasteiger partial charge in [0.2, 0.25) is 11.8 Å². The van der Waals surface area contributed by atoms with Crippen molar-refractivity contribution in [2.45, 2.75) is 39.2 Å². The van der Waals surface area contributed by atoms with Crippen molar-refractivity contribution in [1.29, 1.82) is 0 Å². The molecule has 0 aliphatic carbocycles. The number of fused-ring (bicyclic) bond motifs is 2. The van der Waals surface area contributed by atoms with E-state index >= 15 is 0 Å². The van der Waals surface area contributed by atoms with E-state index in [9.17, 15) is 9.59 Å². The van der Waals surface area contributed by atoms with E-state index < -0.39 is 0 Å². The van der Waals surface area contributed by atoms with E-state index in [2.05, 4.69) is 30.7 Å². The molecular formula is C25H28N8O3S. The number of amides is 2. The Hall–Kier alpha value is -3.77. The maximum absolute atomic E-state index is 13.2. The number of anilines is 2. The zero-order valence-corrected chi connectivity index (χ0v) is 21.4. The van der Waals surface area contributed by atoms with E-state index in [1.807, 2.05) is 17.8 Å². The van der Waals surface area contributed by atoms with Crippen molar-refractivity contribution in [3.63, 3.8) is 0 Å². The summed E-state index contributed by atoms with van der Waals surface area (Å²) in [6.45, 7) is 5.56. The van der Waals surface area contributed by atoms with Crippen LogP contribution in [0.25, 0.3) is 15.3 Å². The highest BCUT2D eigenvalue weighted by molar-refractivity contribution is 7.21. The smallest absolute Gasteiger partial charge is 0.260 e. The summed E-state index contributed by atoms with van der Waals surface area (Å²) in [5.41, 5.74) is 3.09. The van der Waals surface area contributed by atoms with Gasteiger partial charge in [0, 0.05) is 19.2 Å². The molecule has 4 aromatic rings. The van der Waals surface area contributed by atoms with Crippen LogP contribution < -0.4 is 15.4 Å². The number of nitrogens with zero attached hydrogens (tertiary/aromatic N) is 6. The number of nitrogens with one attached hydrogen (secondary N) is 2. The second-order valence-electron chi connectivity index (χ2n) is 9.39. The predicted molar refractivity (Wildman–Crippen MR) is 140 cm³/mol. The Bertz CT molecular complexity index is 1470. The molecule has 192 valence electrons. The quantitative estimate of drug-likeness (QED) is 0.400. The van der Waals surface area contributed by atoms with Crippen LogP contribution in [-0.2, 0) is 11.3 Å². The molecule has 2 aliphatic heterocycles. The monoisotopic (exact) mass is 520 g/mol. The maximum atomic E-state index is 13.2. The second kappa shape index (κ2) is 9.94. The van der Waals surface area contributed by atoms with E-state index in [-0.39, 0.29) is 11.8 Å². The average molecular weight is 521 g/mol. The molecule has 2 N–H and O–H groups in total. The van der Waals surface area contributed by atoms with Crippen LogP contribution in [0.15, 0.2) is 30.9 Å². The summed E-state index contributed by atoms with van der Waals surface area (Å²) in [6.07, 6.45) is 11.3. The molecule has 1 fully saturated rings. The molecule has 0 saturated carbocycles. The van der Waals surface area contributed by atoms with Gasteiger partial charge < -0.3 is 15.4 Å². The summed E-state index contributed by atoms with van der Waals surface area (Å²) >= 11 is 1.46. The average Bonchev–Trinajstić information content (AvgIpc) is 3.60. The summed E-state index contributed by atoms with van der Waals surface area (Å²) in [4.78, 5) is 34.0. The van der Waals surface area contributed by atoms with Crippen molar-refractivity contribution < 1.29 is 14.3 Å². The highest BCUT2D eigenvalue weighted by atomic mass is 32.1. The molecule has 6 heterocycles. The molecular weight excluding hydrogens is 492 g/mol. The molecule has 12 heteroatoms. The van der Waals surface area contributed by atoms with Crippen LogP contribution >= 0.6 is 11.3 Å². The number of hydrogen-bond donors (Lipinski definition) is 2. The van der Waals surface area contributed by atoms with Crippen LogP contribution in [0, 0.1) is 6.92 Å². The zero-order chi connectivity index (χ0) is 25.4. The minimum absolute atomic E-state index is 0.0828. The lowest BCUT2D eigenvalue weighted by molar-refractivity contribution is -0.117. The summed E-state index contributed by atoms with van der Waals surface area (Å²) < 4.78 is 9.39. The summed E-state index contributed by atoms with van der Waals surface area (Å²) in [5, 5.41) is 14.7. The number of thiazole rings is 1. The predicted octanol–water partition coefficient (Wildman–Crippen LogP) is 3.42. The van der Waals surface area contributed by atoms with Gasteiger partial charge in [0.05, 0.1) is 64.8 Å². The number of piperidine rings is 1. The van der Waals surface area contributed by atoms with Crippen molar-refractivity contribution >= 4 is 39.4 Å². The fourth-order valence-electron chi connectivity index (χ4n) is 4.74. The Balaban J connectivity index is 1.18. The number of hydrogen-bond acceptors (Lipinski definition) is 8. The van der Waals surface area contributed by atoms with Gasteiger partial charge in [-0.2, -0.15) is 10.2 Å². The van der Waals surface area contributed by atoms with E-state index in [1.165, 1.54) is 17.8 Å². The molecule has 0 aromatic carbocycles. The molecule has 1 saturated heterocycles. The molecule has 0 atom stereocenters. The van der Waals surface area contributed by atoms with Gasteiger partial charge in [0.1, 0.15) is 4.83 Å². The first kappa shape index (κ1) is 23.6. The normalized spacial score (nSPS) is 15.8. The highest BCUT2D eigenvalue weighted by Gasteiger charge is 2.22. The SMILES string of the molecule is Cc1ncc(NC(=O)CN2CCCCC2)cc1NC(=O)c1cnn2cc(-c3cnn4c3OCCC4)sc12. The molecule has 11 nitrogen and oxygen atoms in total. The first-order chi connectivity index (χ1) is 18.0. The number of likely N-dealkylation sites (tertiary alicyclic amines) is 1. The third-order valence-corrected chi connectivity index (χ3v) is 7.83.